The Labute approximate surface area is 207 Å². The monoisotopic (exact) mass is 508 g/mol. The van der Waals surface area contributed by atoms with Gasteiger partial charge >= 0.3 is 6.18 Å². The van der Waals surface area contributed by atoms with Gasteiger partial charge in [0.05, 0.1) is 22.7 Å². The largest absolute Gasteiger partial charge is 0.416 e. The minimum Gasteiger partial charge on any atom is -0.350 e. The minimum atomic E-state index is -4.54. The molecule has 188 valence electrons. The number of nitrogens with one attached hydrogen (secondary N) is 2. The van der Waals surface area contributed by atoms with Crippen LogP contribution in [0.2, 0.25) is 5.02 Å². The van der Waals surface area contributed by atoms with Crippen molar-refractivity contribution in [3.8, 4) is 11.4 Å². The van der Waals surface area contributed by atoms with Gasteiger partial charge in [-0.3, -0.25) is 4.79 Å². The van der Waals surface area contributed by atoms with E-state index in [0.717, 1.165) is 43.1 Å². The second kappa shape index (κ2) is 12.2. The van der Waals surface area contributed by atoms with Gasteiger partial charge in [0.2, 0.25) is 11.7 Å². The van der Waals surface area contributed by atoms with E-state index < -0.39 is 17.6 Å². The van der Waals surface area contributed by atoms with Gasteiger partial charge in [0.25, 0.3) is 5.91 Å². The molecule has 1 aromatic heterocycles. The highest BCUT2D eigenvalue weighted by Gasteiger charge is 2.31. The van der Waals surface area contributed by atoms with Crippen LogP contribution in [0.25, 0.3) is 11.4 Å². The van der Waals surface area contributed by atoms with Crippen molar-refractivity contribution in [2.45, 2.75) is 51.9 Å². The van der Waals surface area contributed by atoms with Crippen LogP contribution < -0.4 is 10.6 Å². The molecule has 0 aliphatic heterocycles. The number of alkyl halides is 3. The maximum Gasteiger partial charge on any atom is 0.416 e. The molecule has 0 bridgehead atoms. The van der Waals surface area contributed by atoms with Crippen molar-refractivity contribution in [3.63, 3.8) is 0 Å². The zero-order valence-electron chi connectivity index (χ0n) is 19.5. The standard InChI is InChI=1S/C25H28ClF3N4O2/c1-3-17(14-30-15-22-32-23(33-35-22)18-7-5-4-6-8-18)10-9-16(2)31-24(34)20-13-19(25(27,28)29)11-12-21(20)26/h4-8,11-13,16-17,30H,3,9-10,14-15H2,1-2H3,(H,31,34). The smallest absolute Gasteiger partial charge is 0.350 e. The van der Waals surface area contributed by atoms with Crippen molar-refractivity contribution in [3.05, 3.63) is 70.6 Å². The molecule has 10 heteroatoms. The first-order valence-electron chi connectivity index (χ1n) is 11.4. The number of rotatable bonds is 11. The number of nitrogens with zero attached hydrogens (tertiary/aromatic N) is 2. The third-order valence-electron chi connectivity index (χ3n) is 5.71. The summed E-state index contributed by atoms with van der Waals surface area (Å²) in [6, 6.07) is 12.1. The van der Waals surface area contributed by atoms with Crippen LogP contribution in [0.3, 0.4) is 0 Å². The average Bonchev–Trinajstić information content (AvgIpc) is 3.30. The molecule has 0 radical (unpaired) electrons. The average molecular weight is 509 g/mol. The first-order valence-corrected chi connectivity index (χ1v) is 11.8. The lowest BCUT2D eigenvalue weighted by Crippen LogP contribution is -2.34. The normalized spacial score (nSPS) is 13.4. The lowest BCUT2D eigenvalue weighted by molar-refractivity contribution is -0.137. The topological polar surface area (TPSA) is 80.0 Å². The number of carbonyl (C=O) groups is 1. The van der Waals surface area contributed by atoms with Crippen LogP contribution >= 0.6 is 11.6 Å². The van der Waals surface area contributed by atoms with E-state index in [2.05, 4.69) is 27.7 Å². The van der Waals surface area contributed by atoms with E-state index in [-0.39, 0.29) is 16.6 Å². The molecule has 0 saturated carbocycles. The Morgan fingerprint density at radius 1 is 1.14 bits per heavy atom. The molecule has 3 aromatic rings. The number of amides is 1. The van der Waals surface area contributed by atoms with E-state index in [4.69, 9.17) is 16.1 Å². The number of aromatic nitrogens is 2. The SMILES string of the molecule is CCC(CCC(C)NC(=O)c1cc(C(F)(F)F)ccc1Cl)CNCc1nc(-c2ccccc2)no1. The van der Waals surface area contributed by atoms with Crippen molar-refractivity contribution < 1.29 is 22.5 Å². The summed E-state index contributed by atoms with van der Waals surface area (Å²) < 4.78 is 44.2. The van der Waals surface area contributed by atoms with Crippen molar-refractivity contribution in [1.29, 1.82) is 0 Å². The molecule has 35 heavy (non-hydrogen) atoms. The second-order valence-corrected chi connectivity index (χ2v) is 8.83. The Balaban J connectivity index is 1.44. The van der Waals surface area contributed by atoms with E-state index in [1.165, 1.54) is 0 Å². The lowest BCUT2D eigenvalue weighted by Gasteiger charge is -2.19. The fourth-order valence-electron chi connectivity index (χ4n) is 3.60. The fourth-order valence-corrected chi connectivity index (χ4v) is 3.80. The first kappa shape index (κ1) is 26.7. The lowest BCUT2D eigenvalue weighted by atomic mass is 9.97. The van der Waals surface area contributed by atoms with Crippen molar-refractivity contribution in [2.75, 3.05) is 6.54 Å². The third kappa shape index (κ3) is 7.80. The molecule has 2 N–H and O–H groups in total. The van der Waals surface area contributed by atoms with E-state index in [1.807, 2.05) is 37.3 Å². The van der Waals surface area contributed by atoms with Gasteiger partial charge in [-0.15, -0.1) is 0 Å². The van der Waals surface area contributed by atoms with Crippen LogP contribution in [0.1, 0.15) is 54.9 Å². The summed E-state index contributed by atoms with van der Waals surface area (Å²) >= 11 is 5.96. The van der Waals surface area contributed by atoms with E-state index in [1.54, 1.807) is 0 Å². The highest BCUT2D eigenvalue weighted by Crippen LogP contribution is 2.31. The van der Waals surface area contributed by atoms with E-state index in [0.29, 0.717) is 30.6 Å². The maximum absolute atomic E-state index is 13.0. The maximum atomic E-state index is 13.0. The summed E-state index contributed by atoms with van der Waals surface area (Å²) in [7, 11) is 0. The first-order chi connectivity index (χ1) is 16.7. The summed E-state index contributed by atoms with van der Waals surface area (Å²) in [5.41, 5.74) is -0.207. The molecule has 2 unspecified atom stereocenters. The van der Waals surface area contributed by atoms with Crippen molar-refractivity contribution >= 4 is 17.5 Å². The summed E-state index contributed by atoms with van der Waals surface area (Å²) in [5, 5.41) is 10.1. The van der Waals surface area contributed by atoms with Crippen LogP contribution in [-0.4, -0.2) is 28.6 Å². The number of hydrogen-bond donors (Lipinski definition) is 2. The van der Waals surface area contributed by atoms with Crippen LogP contribution in [0, 0.1) is 5.92 Å². The van der Waals surface area contributed by atoms with E-state index >= 15 is 0 Å². The van der Waals surface area contributed by atoms with Gasteiger partial charge in [-0.25, -0.2) is 0 Å². The summed E-state index contributed by atoms with van der Waals surface area (Å²) in [5.74, 6) is 0.755. The van der Waals surface area contributed by atoms with Gasteiger partial charge in [0.1, 0.15) is 0 Å². The highest BCUT2D eigenvalue weighted by molar-refractivity contribution is 6.33. The number of carbonyl (C=O) groups excluding carboxylic acids is 1. The zero-order chi connectivity index (χ0) is 25.4. The molecule has 1 amide bonds. The highest BCUT2D eigenvalue weighted by atomic mass is 35.5. The van der Waals surface area contributed by atoms with Crippen LogP contribution in [0.4, 0.5) is 13.2 Å². The molecule has 2 atom stereocenters. The number of hydrogen-bond acceptors (Lipinski definition) is 5. The molecule has 2 aromatic carbocycles. The molecule has 0 aliphatic carbocycles. The second-order valence-electron chi connectivity index (χ2n) is 8.43. The van der Waals surface area contributed by atoms with Crippen LogP contribution in [-0.2, 0) is 12.7 Å². The summed E-state index contributed by atoms with van der Waals surface area (Å²) in [4.78, 5) is 16.9. The van der Waals surface area contributed by atoms with Gasteiger partial charge < -0.3 is 15.2 Å². The summed E-state index contributed by atoms with van der Waals surface area (Å²) in [6.07, 6.45) is -2.13. The van der Waals surface area contributed by atoms with Crippen molar-refractivity contribution in [2.24, 2.45) is 5.92 Å². The van der Waals surface area contributed by atoms with Gasteiger partial charge in [-0.05, 0) is 50.4 Å². The van der Waals surface area contributed by atoms with Gasteiger partial charge in [-0.1, -0.05) is 60.4 Å². The molecule has 1 heterocycles. The van der Waals surface area contributed by atoms with Gasteiger partial charge in [0, 0.05) is 11.6 Å². The molecule has 0 fully saturated rings. The molecular formula is C25H28ClF3N4O2. The third-order valence-corrected chi connectivity index (χ3v) is 6.04. The number of halogens is 4. The molecule has 6 nitrogen and oxygen atoms in total. The Kier molecular flexibility index (Phi) is 9.28. The molecular weight excluding hydrogens is 481 g/mol. The molecule has 3 rings (SSSR count). The predicted molar refractivity (Wildman–Crippen MR) is 128 cm³/mol. The molecule has 0 spiro atoms. The Hall–Kier alpha value is -2.91. The van der Waals surface area contributed by atoms with E-state index in [9.17, 15) is 18.0 Å². The minimum absolute atomic E-state index is 0.0187. The number of benzene rings is 2. The summed E-state index contributed by atoms with van der Waals surface area (Å²) in [6.45, 7) is 5.07. The van der Waals surface area contributed by atoms with Crippen molar-refractivity contribution in [1.82, 2.24) is 20.8 Å². The molecule has 0 aliphatic rings. The molecule has 0 saturated heterocycles. The quantitative estimate of drug-likeness (QED) is 0.326. The Morgan fingerprint density at radius 2 is 1.89 bits per heavy atom. The Bertz CT molecular complexity index is 1110. The fraction of sp³-hybridized carbons (Fsp3) is 0.400. The Morgan fingerprint density at radius 3 is 2.57 bits per heavy atom. The predicted octanol–water partition coefficient (Wildman–Crippen LogP) is 6.12. The van der Waals surface area contributed by atoms with Gasteiger partial charge in [-0.2, -0.15) is 18.2 Å². The zero-order valence-corrected chi connectivity index (χ0v) is 20.3. The van der Waals surface area contributed by atoms with Gasteiger partial charge in [0.15, 0.2) is 0 Å². The van der Waals surface area contributed by atoms with Crippen LogP contribution in [0.5, 0.6) is 0 Å². The van der Waals surface area contributed by atoms with Crippen LogP contribution in [0.15, 0.2) is 53.1 Å².